The summed E-state index contributed by atoms with van der Waals surface area (Å²) in [5.74, 6) is 0.377. The predicted molar refractivity (Wildman–Crippen MR) is 77.8 cm³/mol. The van der Waals surface area contributed by atoms with Gasteiger partial charge in [-0.15, -0.1) is 0 Å². The van der Waals surface area contributed by atoms with Crippen molar-refractivity contribution >= 4 is 10.2 Å². The van der Waals surface area contributed by atoms with Crippen LogP contribution >= 0.6 is 0 Å². The second-order valence-corrected chi connectivity index (χ2v) is 6.85. The van der Waals surface area contributed by atoms with Gasteiger partial charge in [0.25, 0.3) is 10.2 Å². The molecule has 120 valence electrons. The van der Waals surface area contributed by atoms with Crippen LogP contribution in [0.25, 0.3) is 0 Å². The second kappa shape index (κ2) is 8.91. The Morgan fingerprint density at radius 2 is 2.15 bits per heavy atom. The lowest BCUT2D eigenvalue weighted by molar-refractivity contribution is 0.0317. The van der Waals surface area contributed by atoms with E-state index in [9.17, 15) is 8.42 Å². The first-order valence-corrected chi connectivity index (χ1v) is 8.38. The molecule has 0 aromatic heterocycles. The zero-order valence-electron chi connectivity index (χ0n) is 12.6. The van der Waals surface area contributed by atoms with Crippen molar-refractivity contribution in [2.45, 2.75) is 18.9 Å². The molecule has 1 saturated heterocycles. The normalized spacial score (nSPS) is 22.9. The first kappa shape index (κ1) is 17.8. The molecule has 1 rings (SSSR count). The lowest BCUT2D eigenvalue weighted by Crippen LogP contribution is -2.49. The predicted octanol–water partition coefficient (Wildman–Crippen LogP) is -0.586. The molecule has 0 bridgehead atoms. The quantitative estimate of drug-likeness (QED) is 0.595. The standard InChI is InChI=1S/C12H27N3O4S/c1-13-7-11-5-4-6-15(9-11)20(16,17)14-8-12(19-3)10-18-2/h11-14H,4-10H2,1-3H3. The van der Waals surface area contributed by atoms with E-state index in [-0.39, 0.29) is 12.6 Å². The highest BCUT2D eigenvalue weighted by molar-refractivity contribution is 7.87. The molecule has 2 atom stereocenters. The summed E-state index contributed by atoms with van der Waals surface area (Å²) in [6.45, 7) is 2.58. The van der Waals surface area contributed by atoms with E-state index >= 15 is 0 Å². The number of ether oxygens (including phenoxy) is 2. The van der Waals surface area contributed by atoms with Crippen molar-refractivity contribution in [2.24, 2.45) is 5.92 Å². The zero-order chi connectivity index (χ0) is 15.0. The average molecular weight is 309 g/mol. The minimum absolute atomic E-state index is 0.222. The lowest BCUT2D eigenvalue weighted by atomic mass is 10.00. The van der Waals surface area contributed by atoms with Gasteiger partial charge in [-0.3, -0.25) is 0 Å². The third-order valence-corrected chi connectivity index (χ3v) is 5.04. The van der Waals surface area contributed by atoms with Gasteiger partial charge in [0, 0.05) is 33.9 Å². The van der Waals surface area contributed by atoms with Crippen molar-refractivity contribution in [3.63, 3.8) is 0 Å². The molecule has 0 aromatic carbocycles. The summed E-state index contributed by atoms with van der Waals surface area (Å²) >= 11 is 0. The number of rotatable bonds is 9. The lowest BCUT2D eigenvalue weighted by Gasteiger charge is -2.32. The molecule has 2 unspecified atom stereocenters. The van der Waals surface area contributed by atoms with Crippen LogP contribution in [0, 0.1) is 5.92 Å². The highest BCUT2D eigenvalue weighted by Gasteiger charge is 2.28. The summed E-state index contributed by atoms with van der Waals surface area (Å²) in [6.07, 6.45) is 1.70. The van der Waals surface area contributed by atoms with Crippen LogP contribution in [0.1, 0.15) is 12.8 Å². The first-order valence-electron chi connectivity index (χ1n) is 6.94. The summed E-state index contributed by atoms with van der Waals surface area (Å²) in [5, 5.41) is 3.11. The number of nitrogens with one attached hydrogen (secondary N) is 2. The minimum Gasteiger partial charge on any atom is -0.382 e. The molecule has 8 heteroatoms. The zero-order valence-corrected chi connectivity index (χ0v) is 13.4. The number of methoxy groups -OCH3 is 2. The van der Waals surface area contributed by atoms with E-state index in [1.807, 2.05) is 7.05 Å². The van der Waals surface area contributed by atoms with Gasteiger partial charge in [0.05, 0.1) is 12.7 Å². The van der Waals surface area contributed by atoms with Gasteiger partial charge in [-0.25, -0.2) is 0 Å². The van der Waals surface area contributed by atoms with Crippen LogP contribution in [0.5, 0.6) is 0 Å². The van der Waals surface area contributed by atoms with Crippen molar-refractivity contribution in [1.82, 2.24) is 14.3 Å². The van der Waals surface area contributed by atoms with Crippen molar-refractivity contribution < 1.29 is 17.9 Å². The van der Waals surface area contributed by atoms with E-state index in [0.29, 0.717) is 25.6 Å². The fourth-order valence-corrected chi connectivity index (χ4v) is 3.74. The summed E-state index contributed by atoms with van der Waals surface area (Å²) in [4.78, 5) is 0. The summed E-state index contributed by atoms with van der Waals surface area (Å²) in [6, 6.07) is 0. The van der Waals surface area contributed by atoms with Gasteiger partial charge in [0.15, 0.2) is 0 Å². The van der Waals surface area contributed by atoms with Gasteiger partial charge < -0.3 is 14.8 Å². The van der Waals surface area contributed by atoms with Crippen LogP contribution in [-0.4, -0.2) is 72.9 Å². The van der Waals surface area contributed by atoms with Crippen LogP contribution < -0.4 is 10.0 Å². The van der Waals surface area contributed by atoms with E-state index in [2.05, 4.69) is 10.0 Å². The molecule has 0 radical (unpaired) electrons. The molecule has 0 spiro atoms. The molecule has 0 aromatic rings. The van der Waals surface area contributed by atoms with Gasteiger partial charge in [-0.1, -0.05) is 0 Å². The Hall–Kier alpha value is -0.250. The first-order chi connectivity index (χ1) is 9.53. The molecule has 1 heterocycles. The highest BCUT2D eigenvalue weighted by Crippen LogP contribution is 2.17. The van der Waals surface area contributed by atoms with Gasteiger partial charge in [-0.05, 0) is 32.4 Å². The van der Waals surface area contributed by atoms with Crippen LogP contribution in [-0.2, 0) is 19.7 Å². The molecule has 0 saturated carbocycles. The third kappa shape index (κ3) is 5.63. The highest BCUT2D eigenvalue weighted by atomic mass is 32.2. The van der Waals surface area contributed by atoms with Crippen molar-refractivity contribution in [3.8, 4) is 0 Å². The van der Waals surface area contributed by atoms with Gasteiger partial charge in [0.1, 0.15) is 0 Å². The molecule has 1 aliphatic heterocycles. The van der Waals surface area contributed by atoms with Gasteiger partial charge in [0.2, 0.25) is 0 Å². The molecule has 20 heavy (non-hydrogen) atoms. The third-order valence-electron chi connectivity index (χ3n) is 3.49. The Bertz CT molecular complexity index is 362. The van der Waals surface area contributed by atoms with E-state index < -0.39 is 10.2 Å². The summed E-state index contributed by atoms with van der Waals surface area (Å²) < 4.78 is 38.8. The van der Waals surface area contributed by atoms with Crippen molar-refractivity contribution in [1.29, 1.82) is 0 Å². The van der Waals surface area contributed by atoms with Crippen molar-refractivity contribution in [3.05, 3.63) is 0 Å². The Kier molecular flexibility index (Phi) is 7.93. The SMILES string of the molecule is CNCC1CCCN(S(=O)(=O)NCC(COC)OC)C1. The Balaban J connectivity index is 2.50. The minimum atomic E-state index is -3.44. The fourth-order valence-electron chi connectivity index (χ4n) is 2.39. The van der Waals surface area contributed by atoms with Crippen LogP contribution in [0.2, 0.25) is 0 Å². The molecule has 7 nitrogen and oxygen atoms in total. The Morgan fingerprint density at radius 3 is 2.75 bits per heavy atom. The van der Waals surface area contributed by atoms with Gasteiger partial charge in [-0.2, -0.15) is 17.4 Å². The monoisotopic (exact) mass is 309 g/mol. The molecule has 0 amide bonds. The van der Waals surface area contributed by atoms with Crippen LogP contribution in [0.3, 0.4) is 0 Å². The molecule has 1 fully saturated rings. The molecule has 0 aliphatic carbocycles. The van der Waals surface area contributed by atoms with E-state index in [1.165, 1.54) is 4.31 Å². The number of nitrogens with zero attached hydrogens (tertiary/aromatic N) is 1. The van der Waals surface area contributed by atoms with E-state index in [0.717, 1.165) is 19.4 Å². The largest absolute Gasteiger partial charge is 0.382 e. The van der Waals surface area contributed by atoms with Gasteiger partial charge >= 0.3 is 0 Å². The molecular formula is C12H27N3O4S. The van der Waals surface area contributed by atoms with Crippen LogP contribution in [0.15, 0.2) is 0 Å². The number of piperidine rings is 1. The van der Waals surface area contributed by atoms with Crippen LogP contribution in [0.4, 0.5) is 0 Å². The van der Waals surface area contributed by atoms with Crippen molar-refractivity contribution in [2.75, 3.05) is 54.1 Å². The summed E-state index contributed by atoms with van der Waals surface area (Å²) in [5.41, 5.74) is 0. The smallest absolute Gasteiger partial charge is 0.279 e. The molecule has 1 aliphatic rings. The maximum Gasteiger partial charge on any atom is 0.279 e. The van der Waals surface area contributed by atoms with E-state index in [4.69, 9.17) is 9.47 Å². The number of hydrogen-bond acceptors (Lipinski definition) is 5. The molecular weight excluding hydrogens is 282 g/mol. The maximum absolute atomic E-state index is 12.3. The Labute approximate surface area is 122 Å². The maximum atomic E-state index is 12.3. The second-order valence-electron chi connectivity index (χ2n) is 5.09. The number of hydrogen-bond donors (Lipinski definition) is 2. The fraction of sp³-hybridized carbons (Fsp3) is 1.00. The molecule has 2 N–H and O–H groups in total. The summed E-state index contributed by atoms with van der Waals surface area (Å²) in [7, 11) is 1.56. The Morgan fingerprint density at radius 1 is 1.40 bits per heavy atom. The van der Waals surface area contributed by atoms with E-state index in [1.54, 1.807) is 14.2 Å². The topological polar surface area (TPSA) is 79.9 Å². The average Bonchev–Trinajstić information content (AvgIpc) is 2.44.